The largest absolute Gasteiger partial charge is 0.497 e. The highest BCUT2D eigenvalue weighted by Crippen LogP contribution is 2.36. The monoisotopic (exact) mass is 457 g/mol. The van der Waals surface area contributed by atoms with Crippen LogP contribution in [0.4, 0.5) is 0 Å². The van der Waals surface area contributed by atoms with Crippen LogP contribution >= 0.6 is 23.1 Å². The zero-order valence-corrected chi connectivity index (χ0v) is 19.7. The lowest BCUT2D eigenvalue weighted by Crippen LogP contribution is -2.31. The number of rotatable bonds is 8. The maximum atomic E-state index is 13.3. The Morgan fingerprint density at radius 1 is 1.32 bits per heavy atom. The van der Waals surface area contributed by atoms with Crippen LogP contribution in [0, 0.1) is 0 Å². The summed E-state index contributed by atoms with van der Waals surface area (Å²) in [7, 11) is 1.63. The van der Waals surface area contributed by atoms with Crippen molar-refractivity contribution in [2.24, 2.45) is 0 Å². The summed E-state index contributed by atoms with van der Waals surface area (Å²) in [4.78, 5) is 32.9. The lowest BCUT2D eigenvalue weighted by atomic mass is 10.2. The highest BCUT2D eigenvalue weighted by atomic mass is 32.2. The number of aryl methyl sites for hydroxylation is 2. The van der Waals surface area contributed by atoms with E-state index in [9.17, 15) is 9.59 Å². The van der Waals surface area contributed by atoms with E-state index in [1.54, 1.807) is 23.0 Å². The van der Waals surface area contributed by atoms with Crippen molar-refractivity contribution in [3.05, 3.63) is 50.6 Å². The van der Waals surface area contributed by atoms with E-state index in [0.29, 0.717) is 18.2 Å². The molecule has 8 heteroatoms. The Morgan fingerprint density at radius 2 is 2.10 bits per heavy atom. The fourth-order valence-corrected chi connectivity index (χ4v) is 6.12. The first kappa shape index (κ1) is 21.9. The van der Waals surface area contributed by atoms with Crippen molar-refractivity contribution in [2.75, 3.05) is 7.11 Å². The third-order valence-corrected chi connectivity index (χ3v) is 7.79. The molecule has 1 aliphatic carbocycles. The number of carbonyl (C=O) groups excluding carboxylic acids is 1. The average Bonchev–Trinajstić information content (AvgIpc) is 3.36. The number of methoxy groups -OCH3 is 1. The predicted octanol–water partition coefficient (Wildman–Crippen LogP) is 4.16. The summed E-state index contributed by atoms with van der Waals surface area (Å²) in [6.45, 7) is 4.96. The van der Waals surface area contributed by atoms with Gasteiger partial charge in [0.05, 0.1) is 17.7 Å². The van der Waals surface area contributed by atoms with Crippen LogP contribution in [-0.4, -0.2) is 27.8 Å². The number of carbonyl (C=O) groups is 1. The van der Waals surface area contributed by atoms with Crippen LogP contribution in [0.1, 0.15) is 42.7 Å². The fourth-order valence-electron chi connectivity index (χ4n) is 3.86. The molecular weight excluding hydrogens is 430 g/mol. The number of nitrogens with one attached hydrogen (secondary N) is 1. The van der Waals surface area contributed by atoms with Crippen LogP contribution in [0.3, 0.4) is 0 Å². The van der Waals surface area contributed by atoms with Gasteiger partial charge in [-0.1, -0.05) is 30.8 Å². The van der Waals surface area contributed by atoms with Gasteiger partial charge in [0.2, 0.25) is 5.91 Å². The van der Waals surface area contributed by atoms with E-state index >= 15 is 0 Å². The van der Waals surface area contributed by atoms with Crippen molar-refractivity contribution < 1.29 is 9.53 Å². The van der Waals surface area contributed by atoms with Crippen LogP contribution < -0.4 is 15.6 Å². The topological polar surface area (TPSA) is 73.2 Å². The van der Waals surface area contributed by atoms with Crippen LogP contribution in [0.15, 0.2) is 34.2 Å². The maximum Gasteiger partial charge on any atom is 0.263 e. The van der Waals surface area contributed by atoms with Crippen molar-refractivity contribution in [3.8, 4) is 5.75 Å². The third kappa shape index (κ3) is 4.50. The highest BCUT2D eigenvalue weighted by Gasteiger charge is 2.25. The Kier molecular flexibility index (Phi) is 6.67. The molecule has 0 bridgehead atoms. The molecule has 3 aromatic rings. The predicted molar refractivity (Wildman–Crippen MR) is 126 cm³/mol. The Hall–Kier alpha value is -2.32. The van der Waals surface area contributed by atoms with E-state index in [1.165, 1.54) is 22.2 Å². The van der Waals surface area contributed by atoms with Crippen molar-refractivity contribution >= 4 is 39.2 Å². The number of thiophene rings is 1. The van der Waals surface area contributed by atoms with Gasteiger partial charge in [0.15, 0.2) is 5.16 Å². The zero-order valence-electron chi connectivity index (χ0n) is 18.1. The third-order valence-electron chi connectivity index (χ3n) is 5.51. The molecule has 1 aliphatic rings. The molecule has 1 atom stereocenters. The molecule has 6 nitrogen and oxygen atoms in total. The highest BCUT2D eigenvalue weighted by molar-refractivity contribution is 8.00. The zero-order chi connectivity index (χ0) is 22.0. The lowest BCUT2D eigenvalue weighted by molar-refractivity contribution is -0.120. The molecule has 0 fully saturated rings. The molecule has 1 amide bonds. The van der Waals surface area contributed by atoms with Gasteiger partial charge in [0, 0.05) is 18.0 Å². The minimum Gasteiger partial charge on any atom is -0.497 e. The van der Waals surface area contributed by atoms with E-state index in [1.807, 2.05) is 38.1 Å². The smallest absolute Gasteiger partial charge is 0.263 e. The summed E-state index contributed by atoms with van der Waals surface area (Å²) in [5.41, 5.74) is 2.24. The molecule has 4 rings (SSSR count). The molecule has 164 valence electrons. The molecule has 1 N–H and O–H groups in total. The SMILES string of the molecule is CCCn1c(SC(C)C(=O)NCc2ccc(OC)cc2)nc2sc3c(c2c1=O)CCC3. The fraction of sp³-hybridized carbons (Fsp3) is 0.435. The normalized spacial score (nSPS) is 13.9. The van der Waals surface area contributed by atoms with Gasteiger partial charge in [-0.3, -0.25) is 14.2 Å². The van der Waals surface area contributed by atoms with E-state index in [0.717, 1.165) is 47.2 Å². The minimum atomic E-state index is -0.363. The summed E-state index contributed by atoms with van der Waals surface area (Å²) in [5.74, 6) is 0.709. The Morgan fingerprint density at radius 3 is 2.81 bits per heavy atom. The molecule has 0 saturated carbocycles. The number of benzene rings is 1. The Balaban J connectivity index is 1.51. The molecule has 31 heavy (non-hydrogen) atoms. The van der Waals surface area contributed by atoms with Crippen molar-refractivity contribution in [2.45, 2.75) is 63.0 Å². The van der Waals surface area contributed by atoms with Crippen molar-refractivity contribution in [1.29, 1.82) is 0 Å². The number of nitrogens with zero attached hydrogens (tertiary/aromatic N) is 2. The number of fused-ring (bicyclic) bond motifs is 3. The molecule has 1 aromatic carbocycles. The number of hydrogen-bond acceptors (Lipinski definition) is 6. The number of hydrogen-bond donors (Lipinski definition) is 1. The number of amides is 1. The molecule has 2 heterocycles. The van der Waals surface area contributed by atoms with Gasteiger partial charge < -0.3 is 10.1 Å². The Bertz CT molecular complexity index is 1150. The van der Waals surface area contributed by atoms with E-state index in [2.05, 4.69) is 5.32 Å². The second-order valence-electron chi connectivity index (χ2n) is 7.71. The average molecular weight is 458 g/mol. The maximum absolute atomic E-state index is 13.3. The van der Waals surface area contributed by atoms with Gasteiger partial charge in [-0.05, 0) is 55.9 Å². The first-order chi connectivity index (χ1) is 15.0. The molecule has 0 spiro atoms. The van der Waals surface area contributed by atoms with Gasteiger partial charge in [0.1, 0.15) is 10.6 Å². The van der Waals surface area contributed by atoms with Gasteiger partial charge in [-0.15, -0.1) is 11.3 Å². The van der Waals surface area contributed by atoms with Crippen molar-refractivity contribution in [3.63, 3.8) is 0 Å². The molecule has 0 aliphatic heterocycles. The molecule has 0 saturated heterocycles. The van der Waals surface area contributed by atoms with Crippen LogP contribution in [0.5, 0.6) is 5.75 Å². The quantitative estimate of drug-likeness (QED) is 0.406. The van der Waals surface area contributed by atoms with Gasteiger partial charge in [-0.2, -0.15) is 0 Å². The summed E-state index contributed by atoms with van der Waals surface area (Å²) >= 11 is 2.99. The number of ether oxygens (including phenoxy) is 1. The van der Waals surface area contributed by atoms with Crippen LogP contribution in [0.2, 0.25) is 0 Å². The summed E-state index contributed by atoms with van der Waals surface area (Å²) < 4.78 is 6.92. The standard InChI is InChI=1S/C23H27N3O3S2/c1-4-12-26-22(28)19-17-6-5-7-18(17)31-21(19)25-23(26)30-14(2)20(27)24-13-15-8-10-16(29-3)11-9-15/h8-11,14H,4-7,12-13H2,1-3H3,(H,24,27). The molecule has 0 radical (unpaired) electrons. The summed E-state index contributed by atoms with van der Waals surface area (Å²) in [6, 6.07) is 7.61. The summed E-state index contributed by atoms with van der Waals surface area (Å²) in [5, 5.41) is 4.04. The lowest BCUT2D eigenvalue weighted by Gasteiger charge is -2.15. The van der Waals surface area contributed by atoms with E-state index in [-0.39, 0.29) is 16.7 Å². The van der Waals surface area contributed by atoms with E-state index < -0.39 is 0 Å². The van der Waals surface area contributed by atoms with Gasteiger partial charge >= 0.3 is 0 Å². The first-order valence-electron chi connectivity index (χ1n) is 10.6. The van der Waals surface area contributed by atoms with Crippen LogP contribution in [0.25, 0.3) is 10.2 Å². The van der Waals surface area contributed by atoms with Crippen molar-refractivity contribution in [1.82, 2.24) is 14.9 Å². The van der Waals surface area contributed by atoms with Gasteiger partial charge in [-0.25, -0.2) is 4.98 Å². The van der Waals surface area contributed by atoms with E-state index in [4.69, 9.17) is 9.72 Å². The molecular formula is C23H27N3O3S2. The number of thioether (sulfide) groups is 1. The molecule has 2 aromatic heterocycles. The number of aromatic nitrogens is 2. The Labute approximate surface area is 190 Å². The summed E-state index contributed by atoms with van der Waals surface area (Å²) in [6.07, 6.45) is 3.96. The second kappa shape index (κ2) is 9.44. The second-order valence-corrected chi connectivity index (χ2v) is 10.1. The molecule has 1 unspecified atom stereocenters. The minimum absolute atomic E-state index is 0.0413. The van der Waals surface area contributed by atoms with Gasteiger partial charge in [0.25, 0.3) is 5.56 Å². The first-order valence-corrected chi connectivity index (χ1v) is 12.3. The van der Waals surface area contributed by atoms with Crippen LogP contribution in [-0.2, 0) is 30.7 Å².